The largest absolute Gasteiger partial charge is 0.356 e. The first kappa shape index (κ1) is 49.1. The highest BCUT2D eigenvalue weighted by Gasteiger charge is 2.13. The lowest BCUT2D eigenvalue weighted by Gasteiger charge is -2.23. The molecule has 0 aromatic heterocycles. The molecule has 0 aromatic carbocycles. The Labute approximate surface area is 318 Å². The lowest BCUT2D eigenvalue weighted by atomic mass is 10.1. The number of nitrogens with two attached hydrogens (primary N) is 2. The van der Waals surface area contributed by atoms with Gasteiger partial charge in [-0.25, -0.2) is 0 Å². The van der Waals surface area contributed by atoms with Crippen LogP contribution in [0.15, 0.2) is 29.3 Å². The number of carbonyl (C=O) groups excluding carboxylic acids is 1. The Morgan fingerprint density at radius 1 is 0.510 bits per heavy atom. The number of aliphatic imine (C=N–C) groups is 1. The van der Waals surface area contributed by atoms with Gasteiger partial charge in [0.25, 0.3) is 0 Å². The molecular formula is C44H88N6O. The first-order chi connectivity index (χ1) is 25.2. The summed E-state index contributed by atoms with van der Waals surface area (Å²) in [5, 5.41) is 6.50. The van der Waals surface area contributed by atoms with Gasteiger partial charge in [-0.2, -0.15) is 0 Å². The highest BCUT2D eigenvalue weighted by Crippen LogP contribution is 2.13. The quantitative estimate of drug-likeness (QED) is 0.0219. The van der Waals surface area contributed by atoms with Crippen molar-refractivity contribution in [3.63, 3.8) is 0 Å². The van der Waals surface area contributed by atoms with Crippen molar-refractivity contribution in [1.29, 1.82) is 0 Å². The van der Waals surface area contributed by atoms with Crippen LogP contribution in [-0.4, -0.2) is 62.6 Å². The predicted octanol–water partition coefficient (Wildman–Crippen LogP) is 10.7. The summed E-state index contributed by atoms with van der Waals surface area (Å²) in [6, 6.07) is 0. The van der Waals surface area contributed by atoms with Gasteiger partial charge < -0.3 is 27.0 Å². The maximum absolute atomic E-state index is 13.3. The van der Waals surface area contributed by atoms with Crippen molar-refractivity contribution >= 4 is 11.9 Å². The number of guanidine groups is 1. The molecule has 0 spiro atoms. The third kappa shape index (κ3) is 37.7. The van der Waals surface area contributed by atoms with Crippen LogP contribution in [0.2, 0.25) is 0 Å². The zero-order valence-corrected chi connectivity index (χ0v) is 34.2. The van der Waals surface area contributed by atoms with E-state index >= 15 is 0 Å². The molecule has 0 atom stereocenters. The predicted molar refractivity (Wildman–Crippen MR) is 227 cm³/mol. The molecule has 0 aliphatic heterocycles. The van der Waals surface area contributed by atoms with E-state index in [1.807, 2.05) is 0 Å². The number of hydrogen-bond acceptors (Lipinski definition) is 4. The summed E-state index contributed by atoms with van der Waals surface area (Å²) in [4.78, 5) is 19.9. The average molecular weight is 717 g/mol. The molecule has 0 aromatic rings. The Bertz CT molecular complexity index is 756. The monoisotopic (exact) mass is 717 g/mol. The fourth-order valence-electron chi connectivity index (χ4n) is 6.45. The third-order valence-electron chi connectivity index (χ3n) is 9.70. The summed E-state index contributed by atoms with van der Waals surface area (Å²) in [7, 11) is 0. The normalized spacial score (nSPS) is 12.0. The van der Waals surface area contributed by atoms with E-state index in [1.165, 1.54) is 167 Å². The van der Waals surface area contributed by atoms with Crippen molar-refractivity contribution in [2.75, 3.05) is 45.8 Å². The van der Waals surface area contributed by atoms with Crippen molar-refractivity contribution in [2.45, 2.75) is 200 Å². The molecular weight excluding hydrogens is 629 g/mol. The van der Waals surface area contributed by atoms with E-state index in [4.69, 9.17) is 11.5 Å². The second kappa shape index (κ2) is 42.6. The maximum atomic E-state index is 13.3. The highest BCUT2D eigenvalue weighted by molar-refractivity contribution is 5.81. The van der Waals surface area contributed by atoms with Crippen LogP contribution in [0.1, 0.15) is 200 Å². The van der Waals surface area contributed by atoms with Crippen LogP contribution in [0, 0.1) is 0 Å². The molecule has 0 heterocycles. The molecule has 0 fully saturated rings. The van der Waals surface area contributed by atoms with Gasteiger partial charge in [0.05, 0.1) is 6.54 Å². The first-order valence-electron chi connectivity index (χ1n) is 22.2. The minimum absolute atomic E-state index is 0.250. The van der Waals surface area contributed by atoms with E-state index in [0.29, 0.717) is 45.1 Å². The lowest BCUT2D eigenvalue weighted by molar-refractivity contribution is -0.131. The van der Waals surface area contributed by atoms with Gasteiger partial charge in [0.1, 0.15) is 0 Å². The number of allylic oxidation sites excluding steroid dienone is 4. The van der Waals surface area contributed by atoms with E-state index in [-0.39, 0.29) is 5.91 Å². The molecule has 6 N–H and O–H groups in total. The molecule has 1 amide bonds. The van der Waals surface area contributed by atoms with Crippen LogP contribution in [0.4, 0.5) is 0 Å². The summed E-state index contributed by atoms with van der Waals surface area (Å²) < 4.78 is 0. The molecule has 51 heavy (non-hydrogen) atoms. The minimum Gasteiger partial charge on any atom is -0.356 e. The lowest BCUT2D eigenvalue weighted by Crippen LogP contribution is -2.42. The number of unbranched alkanes of at least 4 members (excludes halogenated alkanes) is 24. The van der Waals surface area contributed by atoms with Crippen molar-refractivity contribution < 1.29 is 4.79 Å². The van der Waals surface area contributed by atoms with Gasteiger partial charge in [-0.1, -0.05) is 154 Å². The van der Waals surface area contributed by atoms with E-state index in [0.717, 1.165) is 25.9 Å². The summed E-state index contributed by atoms with van der Waals surface area (Å²) >= 11 is 0. The molecule has 7 nitrogen and oxygen atoms in total. The molecule has 300 valence electrons. The van der Waals surface area contributed by atoms with Gasteiger partial charge in [0, 0.05) is 45.7 Å². The summed E-state index contributed by atoms with van der Waals surface area (Å²) in [6.07, 6.45) is 46.6. The number of nitrogens with one attached hydrogen (secondary N) is 2. The SMILES string of the molecule is CCCCCCCCC=CCCCCCCCCN(CCCCCCCCC=CCCCCCCCC)C(=O)CCNC(=NCCN)NCCN. The zero-order chi connectivity index (χ0) is 37.1. The number of rotatable bonds is 39. The maximum Gasteiger partial charge on any atom is 0.224 e. The Morgan fingerprint density at radius 2 is 0.882 bits per heavy atom. The number of carbonyl (C=O) groups is 1. The molecule has 0 saturated heterocycles. The van der Waals surface area contributed by atoms with Crippen LogP contribution in [0.3, 0.4) is 0 Å². The molecule has 0 aliphatic rings. The van der Waals surface area contributed by atoms with Gasteiger partial charge in [-0.05, 0) is 64.2 Å². The van der Waals surface area contributed by atoms with Gasteiger partial charge >= 0.3 is 0 Å². The second-order valence-electron chi connectivity index (χ2n) is 14.7. The number of amides is 1. The standard InChI is InChI=1S/C44H88N6O/c1-3-5-7-9-11-13-15-17-19-21-23-25-27-29-31-33-41-50(43(51)35-38-47-44(48-39-36-45)49-40-37-46)42-34-32-30-28-26-24-22-20-18-16-14-12-10-8-6-4-2/h17-20H,3-16,21-42,45-46H2,1-2H3,(H2,47,48,49). The van der Waals surface area contributed by atoms with Crippen molar-refractivity contribution in [2.24, 2.45) is 16.5 Å². The van der Waals surface area contributed by atoms with Gasteiger partial charge in [-0.3, -0.25) is 9.79 Å². The molecule has 0 aliphatic carbocycles. The van der Waals surface area contributed by atoms with E-state index in [1.54, 1.807) is 0 Å². The Morgan fingerprint density at radius 3 is 1.27 bits per heavy atom. The van der Waals surface area contributed by atoms with Crippen molar-refractivity contribution in [3.05, 3.63) is 24.3 Å². The fourth-order valence-corrected chi connectivity index (χ4v) is 6.45. The summed E-state index contributed by atoms with van der Waals surface area (Å²) in [5.41, 5.74) is 11.3. The molecule has 0 saturated carbocycles. The third-order valence-corrected chi connectivity index (χ3v) is 9.70. The fraction of sp³-hybridized carbons (Fsp3) is 0.864. The minimum atomic E-state index is 0.250. The van der Waals surface area contributed by atoms with Gasteiger partial charge in [0.15, 0.2) is 5.96 Å². The van der Waals surface area contributed by atoms with Gasteiger partial charge in [-0.15, -0.1) is 0 Å². The summed E-state index contributed by atoms with van der Waals surface area (Å²) in [5.74, 6) is 0.937. The van der Waals surface area contributed by atoms with E-state index in [2.05, 4.69) is 58.7 Å². The van der Waals surface area contributed by atoms with Crippen LogP contribution in [0.5, 0.6) is 0 Å². The summed E-state index contributed by atoms with van der Waals surface area (Å²) in [6.45, 7) is 9.10. The number of hydrogen-bond donors (Lipinski definition) is 4. The zero-order valence-electron chi connectivity index (χ0n) is 34.2. The van der Waals surface area contributed by atoms with E-state index < -0.39 is 0 Å². The van der Waals surface area contributed by atoms with Crippen LogP contribution in [0.25, 0.3) is 0 Å². The molecule has 0 rings (SSSR count). The van der Waals surface area contributed by atoms with Crippen LogP contribution >= 0.6 is 0 Å². The topological polar surface area (TPSA) is 109 Å². The molecule has 0 bridgehead atoms. The Kier molecular flexibility index (Phi) is 41.0. The smallest absolute Gasteiger partial charge is 0.224 e. The van der Waals surface area contributed by atoms with Crippen molar-refractivity contribution in [3.8, 4) is 0 Å². The average Bonchev–Trinajstić information content (AvgIpc) is 3.14. The van der Waals surface area contributed by atoms with E-state index in [9.17, 15) is 4.79 Å². The van der Waals surface area contributed by atoms with Crippen LogP contribution < -0.4 is 22.1 Å². The molecule has 0 radical (unpaired) electrons. The number of nitrogens with zero attached hydrogens (tertiary/aromatic N) is 2. The van der Waals surface area contributed by atoms with Crippen LogP contribution in [-0.2, 0) is 4.79 Å². The molecule has 7 heteroatoms. The van der Waals surface area contributed by atoms with Crippen molar-refractivity contribution in [1.82, 2.24) is 15.5 Å². The molecule has 0 unspecified atom stereocenters. The Balaban J connectivity index is 4.31. The van der Waals surface area contributed by atoms with Gasteiger partial charge in [0.2, 0.25) is 5.91 Å². The second-order valence-corrected chi connectivity index (χ2v) is 14.7. The first-order valence-corrected chi connectivity index (χ1v) is 22.2. The Hall–Kier alpha value is -1.86. The highest BCUT2D eigenvalue weighted by atomic mass is 16.2.